The molecule has 0 saturated heterocycles. The molecule has 0 bridgehead atoms. The zero-order valence-electron chi connectivity index (χ0n) is 17.0. The molecule has 3 aromatic rings. The van der Waals surface area contributed by atoms with Crippen LogP contribution in [0.4, 0.5) is 0 Å². The number of likely N-dealkylation sites (N-methyl/N-ethyl adjacent to an activating group) is 1. The molecular weight excluding hydrogens is 386 g/mol. The number of aliphatic hydroxyl groups excluding tert-OH is 1. The van der Waals surface area contributed by atoms with Crippen LogP contribution < -0.4 is 11.0 Å². The molecule has 30 heavy (non-hydrogen) atoms. The summed E-state index contributed by atoms with van der Waals surface area (Å²) < 4.78 is 1.42. The Bertz CT molecular complexity index is 1090. The lowest BCUT2D eigenvalue weighted by Crippen LogP contribution is -2.46. The van der Waals surface area contributed by atoms with Crippen LogP contribution in [0.15, 0.2) is 47.5 Å². The molecule has 3 rings (SSSR count). The van der Waals surface area contributed by atoms with Gasteiger partial charge >= 0.3 is 5.69 Å². The fourth-order valence-corrected chi connectivity index (χ4v) is 3.17. The number of amides is 2. The van der Waals surface area contributed by atoms with Crippen LogP contribution in [0.25, 0.3) is 5.52 Å². The van der Waals surface area contributed by atoms with Gasteiger partial charge < -0.3 is 20.3 Å². The van der Waals surface area contributed by atoms with E-state index in [1.165, 1.54) is 10.6 Å². The van der Waals surface area contributed by atoms with Gasteiger partial charge in [0.15, 0.2) is 0 Å². The maximum Gasteiger partial charge on any atom is 0.330 e. The van der Waals surface area contributed by atoms with Gasteiger partial charge in [0.05, 0.1) is 23.4 Å². The van der Waals surface area contributed by atoms with Gasteiger partial charge in [0.25, 0.3) is 11.8 Å². The number of nitrogens with one attached hydrogen (secondary N) is 2. The SMILES string of the molecule is CC[C@@H](CN(CC)C(=O)c1ccc(CO)nc1)NC(=O)c1cc2cccn2c(=O)[nH]1. The molecular formula is C21H25N5O4. The average Bonchev–Trinajstić information content (AvgIpc) is 3.25. The van der Waals surface area contributed by atoms with E-state index in [-0.39, 0.29) is 29.9 Å². The Balaban J connectivity index is 1.71. The number of fused-ring (bicyclic) bond motifs is 1. The number of aromatic amines is 1. The molecule has 2 amide bonds. The fourth-order valence-electron chi connectivity index (χ4n) is 3.17. The number of carbonyl (C=O) groups is 2. The molecule has 3 aromatic heterocycles. The highest BCUT2D eigenvalue weighted by molar-refractivity contribution is 5.95. The minimum atomic E-state index is -0.403. The van der Waals surface area contributed by atoms with Crippen molar-refractivity contribution in [3.63, 3.8) is 0 Å². The van der Waals surface area contributed by atoms with E-state index in [0.29, 0.717) is 36.3 Å². The number of aliphatic hydroxyl groups is 1. The molecule has 0 aliphatic rings. The maximum absolute atomic E-state index is 12.8. The van der Waals surface area contributed by atoms with Crippen molar-refractivity contribution in [2.24, 2.45) is 0 Å². The summed E-state index contributed by atoms with van der Waals surface area (Å²) in [6.07, 6.45) is 3.67. The number of hydrogen-bond donors (Lipinski definition) is 3. The first-order valence-electron chi connectivity index (χ1n) is 9.83. The Kier molecular flexibility index (Phi) is 6.63. The first-order valence-corrected chi connectivity index (χ1v) is 9.83. The summed E-state index contributed by atoms with van der Waals surface area (Å²) in [4.78, 5) is 45.8. The van der Waals surface area contributed by atoms with Crippen LogP contribution in [0, 0.1) is 0 Å². The van der Waals surface area contributed by atoms with Gasteiger partial charge in [-0.25, -0.2) is 4.79 Å². The molecule has 1 atom stereocenters. The van der Waals surface area contributed by atoms with Crippen molar-refractivity contribution in [3.05, 3.63) is 70.2 Å². The maximum atomic E-state index is 12.8. The largest absolute Gasteiger partial charge is 0.390 e. The van der Waals surface area contributed by atoms with E-state index in [0.717, 1.165) is 0 Å². The molecule has 0 aromatic carbocycles. The Hall–Kier alpha value is -3.46. The molecule has 3 heterocycles. The standard InChI is InChI=1S/C21H25N5O4/c1-3-15(12-25(4-2)20(29)14-7-8-16(13-27)22-11-14)23-19(28)18-10-17-6-5-9-26(17)21(30)24-18/h5-11,15,27H,3-4,12-13H2,1-2H3,(H,23,28)(H,24,30)/t15-/m0/s1. The second-order valence-corrected chi connectivity index (χ2v) is 6.91. The minimum Gasteiger partial charge on any atom is -0.390 e. The third-order valence-corrected chi connectivity index (χ3v) is 4.95. The zero-order chi connectivity index (χ0) is 21.7. The molecule has 3 N–H and O–H groups in total. The second-order valence-electron chi connectivity index (χ2n) is 6.91. The van der Waals surface area contributed by atoms with Crippen LogP contribution in [0.2, 0.25) is 0 Å². The lowest BCUT2D eigenvalue weighted by molar-refractivity contribution is 0.0731. The van der Waals surface area contributed by atoms with E-state index < -0.39 is 5.91 Å². The first kappa shape index (κ1) is 21.3. The van der Waals surface area contributed by atoms with Crippen molar-refractivity contribution in [1.29, 1.82) is 0 Å². The molecule has 0 unspecified atom stereocenters. The van der Waals surface area contributed by atoms with Crippen LogP contribution in [-0.2, 0) is 6.61 Å². The summed E-state index contributed by atoms with van der Waals surface area (Å²) in [5.74, 6) is -0.606. The second kappa shape index (κ2) is 9.36. The molecule has 0 saturated carbocycles. The van der Waals surface area contributed by atoms with Gasteiger partial charge in [-0.2, -0.15) is 0 Å². The Labute approximate surface area is 173 Å². The lowest BCUT2D eigenvalue weighted by atomic mass is 10.1. The number of rotatable bonds is 8. The summed E-state index contributed by atoms with van der Waals surface area (Å²) in [7, 11) is 0. The molecule has 0 radical (unpaired) electrons. The van der Waals surface area contributed by atoms with E-state index in [2.05, 4.69) is 15.3 Å². The van der Waals surface area contributed by atoms with E-state index in [1.807, 2.05) is 13.8 Å². The number of hydrogen-bond acceptors (Lipinski definition) is 5. The van der Waals surface area contributed by atoms with E-state index in [9.17, 15) is 14.4 Å². The third-order valence-electron chi connectivity index (χ3n) is 4.95. The average molecular weight is 411 g/mol. The van der Waals surface area contributed by atoms with E-state index in [4.69, 9.17) is 5.11 Å². The number of H-pyrrole nitrogens is 1. The zero-order valence-corrected chi connectivity index (χ0v) is 17.0. The smallest absolute Gasteiger partial charge is 0.330 e. The van der Waals surface area contributed by atoms with Crippen LogP contribution in [0.1, 0.15) is 46.8 Å². The summed E-state index contributed by atoms with van der Waals surface area (Å²) in [6.45, 7) is 4.36. The van der Waals surface area contributed by atoms with Gasteiger partial charge in [0.1, 0.15) is 5.69 Å². The topological polar surface area (TPSA) is 120 Å². The van der Waals surface area contributed by atoms with Crippen molar-refractivity contribution < 1.29 is 14.7 Å². The normalized spacial score (nSPS) is 12.0. The van der Waals surface area contributed by atoms with E-state index >= 15 is 0 Å². The highest BCUT2D eigenvalue weighted by atomic mass is 16.3. The van der Waals surface area contributed by atoms with Gasteiger partial charge in [-0.3, -0.25) is 19.0 Å². The quantitative estimate of drug-likeness (QED) is 0.514. The lowest BCUT2D eigenvalue weighted by Gasteiger charge is -2.26. The Morgan fingerprint density at radius 3 is 2.73 bits per heavy atom. The number of aromatic nitrogens is 3. The summed E-state index contributed by atoms with van der Waals surface area (Å²) in [6, 6.07) is 8.03. The summed E-state index contributed by atoms with van der Waals surface area (Å²) in [5.41, 5.74) is 1.31. The molecule has 9 heteroatoms. The highest BCUT2D eigenvalue weighted by Gasteiger charge is 2.21. The van der Waals surface area contributed by atoms with Crippen LogP contribution in [-0.4, -0.2) is 55.3 Å². The number of pyridine rings is 1. The summed E-state index contributed by atoms with van der Waals surface area (Å²) in [5, 5.41) is 12.0. The van der Waals surface area contributed by atoms with Gasteiger partial charge in [-0.15, -0.1) is 0 Å². The van der Waals surface area contributed by atoms with Crippen molar-refractivity contribution in [2.75, 3.05) is 13.1 Å². The van der Waals surface area contributed by atoms with Gasteiger partial charge in [-0.05, 0) is 43.7 Å². The molecule has 9 nitrogen and oxygen atoms in total. The Morgan fingerprint density at radius 1 is 1.30 bits per heavy atom. The van der Waals surface area contributed by atoms with E-state index in [1.54, 1.807) is 41.4 Å². The third kappa shape index (κ3) is 4.57. The van der Waals surface area contributed by atoms with Crippen LogP contribution in [0.3, 0.4) is 0 Å². The fraction of sp³-hybridized carbons (Fsp3) is 0.333. The van der Waals surface area contributed by atoms with Gasteiger partial charge in [0.2, 0.25) is 0 Å². The number of nitrogens with zero attached hydrogens (tertiary/aromatic N) is 3. The van der Waals surface area contributed by atoms with Crippen molar-refractivity contribution in [3.8, 4) is 0 Å². The molecule has 158 valence electrons. The predicted octanol–water partition coefficient (Wildman–Crippen LogP) is 1.19. The van der Waals surface area contributed by atoms with Crippen molar-refractivity contribution in [1.82, 2.24) is 24.6 Å². The predicted molar refractivity (Wildman–Crippen MR) is 111 cm³/mol. The summed E-state index contributed by atoms with van der Waals surface area (Å²) >= 11 is 0. The highest BCUT2D eigenvalue weighted by Crippen LogP contribution is 2.08. The first-order chi connectivity index (χ1) is 14.5. The van der Waals surface area contributed by atoms with Gasteiger partial charge in [-0.1, -0.05) is 6.92 Å². The van der Waals surface area contributed by atoms with Gasteiger partial charge in [0, 0.05) is 31.5 Å². The van der Waals surface area contributed by atoms with Crippen LogP contribution in [0.5, 0.6) is 0 Å². The number of carbonyl (C=O) groups excluding carboxylic acids is 2. The van der Waals surface area contributed by atoms with Crippen molar-refractivity contribution in [2.45, 2.75) is 32.9 Å². The van der Waals surface area contributed by atoms with Crippen LogP contribution >= 0.6 is 0 Å². The monoisotopic (exact) mass is 411 g/mol. The molecule has 0 aliphatic heterocycles. The van der Waals surface area contributed by atoms with Crippen molar-refractivity contribution >= 4 is 17.3 Å². The Morgan fingerprint density at radius 2 is 2.10 bits per heavy atom. The molecule has 0 fully saturated rings. The molecule has 0 aliphatic carbocycles. The minimum absolute atomic E-state index is 0.169. The molecule has 0 spiro atoms.